The van der Waals surface area contributed by atoms with Crippen LogP contribution in [0.15, 0.2) is 27.4 Å². The first kappa shape index (κ1) is 15.6. The molecule has 2 aromatic rings. The van der Waals surface area contributed by atoms with Crippen LogP contribution in [0.4, 0.5) is 0 Å². The Balaban J connectivity index is 2.24. The molecule has 0 amide bonds. The highest BCUT2D eigenvalue weighted by Gasteiger charge is 2.09. The number of carbonyl (C=O) groups is 1. The maximum absolute atomic E-state index is 11.6. The number of hydrogen-bond acceptors (Lipinski definition) is 5. The van der Waals surface area contributed by atoms with E-state index in [1.165, 1.54) is 17.8 Å². The number of rotatable bonds is 5. The first-order chi connectivity index (χ1) is 10.0. The summed E-state index contributed by atoms with van der Waals surface area (Å²) in [6.45, 7) is 6.17. The zero-order valence-corrected chi connectivity index (χ0v) is 13.2. The molecule has 0 N–H and O–H groups in total. The molecule has 21 heavy (non-hydrogen) atoms. The van der Waals surface area contributed by atoms with E-state index >= 15 is 0 Å². The van der Waals surface area contributed by atoms with Gasteiger partial charge in [-0.05, 0) is 49.6 Å². The number of fused-ring (bicyclic) bond motifs is 1. The number of thioether (sulfide) groups is 1. The molecule has 1 aromatic carbocycles. The van der Waals surface area contributed by atoms with Crippen molar-refractivity contribution in [1.29, 1.82) is 0 Å². The molecule has 0 aliphatic carbocycles. The number of ether oxygens (including phenoxy) is 1. The highest BCUT2D eigenvalue weighted by Crippen LogP contribution is 2.24. The summed E-state index contributed by atoms with van der Waals surface area (Å²) in [5.41, 5.74) is 3.35. The molecule has 0 spiro atoms. The van der Waals surface area contributed by atoms with E-state index in [-0.39, 0.29) is 17.3 Å². The molecule has 1 heterocycles. The van der Waals surface area contributed by atoms with Gasteiger partial charge in [0.25, 0.3) is 0 Å². The van der Waals surface area contributed by atoms with Crippen LogP contribution >= 0.6 is 11.8 Å². The van der Waals surface area contributed by atoms with Gasteiger partial charge in [-0.2, -0.15) is 0 Å². The summed E-state index contributed by atoms with van der Waals surface area (Å²) in [4.78, 5) is 23.0. The Morgan fingerprint density at radius 2 is 1.95 bits per heavy atom. The highest BCUT2D eigenvalue weighted by molar-refractivity contribution is 7.99. The van der Waals surface area contributed by atoms with Crippen molar-refractivity contribution in [3.8, 4) is 0 Å². The van der Waals surface area contributed by atoms with Crippen LogP contribution in [0.1, 0.15) is 23.6 Å². The highest BCUT2D eigenvalue weighted by atomic mass is 32.2. The van der Waals surface area contributed by atoms with Crippen LogP contribution in [0.2, 0.25) is 0 Å². The molecule has 0 bridgehead atoms. The summed E-state index contributed by atoms with van der Waals surface area (Å²) < 4.78 is 10.1. The van der Waals surface area contributed by atoms with Gasteiger partial charge in [0.1, 0.15) is 5.58 Å². The number of benzene rings is 1. The minimum absolute atomic E-state index is 0.234. The number of aryl methyl sites for hydroxylation is 2. The van der Waals surface area contributed by atoms with Crippen LogP contribution in [0.3, 0.4) is 0 Å². The van der Waals surface area contributed by atoms with Gasteiger partial charge in [0.2, 0.25) is 0 Å². The molecular weight excluding hydrogens is 288 g/mol. The Bertz CT molecular complexity index is 718. The molecule has 0 fully saturated rings. The van der Waals surface area contributed by atoms with E-state index in [1.54, 1.807) is 6.92 Å². The normalized spacial score (nSPS) is 10.8. The Morgan fingerprint density at radius 3 is 2.67 bits per heavy atom. The number of esters is 1. The average Bonchev–Trinajstić information content (AvgIpc) is 2.41. The molecular formula is C16H18O4S. The smallest absolute Gasteiger partial charge is 0.336 e. The Labute approximate surface area is 127 Å². The first-order valence-electron chi connectivity index (χ1n) is 6.78. The molecule has 0 radical (unpaired) electrons. The van der Waals surface area contributed by atoms with Gasteiger partial charge in [0.15, 0.2) is 0 Å². The topological polar surface area (TPSA) is 56.5 Å². The van der Waals surface area contributed by atoms with E-state index in [9.17, 15) is 9.59 Å². The fourth-order valence-corrected chi connectivity index (χ4v) is 2.86. The average molecular weight is 306 g/mol. The molecule has 0 aliphatic rings. The second kappa shape index (κ2) is 6.80. The first-order valence-corrected chi connectivity index (χ1v) is 7.94. The minimum Gasteiger partial charge on any atom is -0.465 e. The van der Waals surface area contributed by atoms with Crippen molar-refractivity contribution < 1.29 is 13.9 Å². The molecule has 0 atom stereocenters. The van der Waals surface area contributed by atoms with E-state index in [1.807, 2.05) is 26.0 Å². The quantitative estimate of drug-likeness (QED) is 0.627. The van der Waals surface area contributed by atoms with Gasteiger partial charge in [0.05, 0.1) is 12.4 Å². The second-order valence-electron chi connectivity index (χ2n) is 4.82. The van der Waals surface area contributed by atoms with E-state index in [0.717, 1.165) is 22.1 Å². The molecule has 4 nitrogen and oxygen atoms in total. The molecule has 0 unspecified atom stereocenters. The van der Waals surface area contributed by atoms with Gasteiger partial charge < -0.3 is 9.15 Å². The SMILES string of the molecule is CCOC(=O)CSCc1cc(=O)oc2cc(C)c(C)cc12. The zero-order chi connectivity index (χ0) is 15.4. The number of carbonyl (C=O) groups excluding carboxylic acids is 1. The van der Waals surface area contributed by atoms with Crippen molar-refractivity contribution in [2.24, 2.45) is 0 Å². The predicted molar refractivity (Wildman–Crippen MR) is 84.8 cm³/mol. The van der Waals surface area contributed by atoms with Crippen LogP contribution in [-0.4, -0.2) is 18.3 Å². The summed E-state index contributed by atoms with van der Waals surface area (Å²) >= 11 is 1.43. The Kier molecular flexibility index (Phi) is 5.07. The Hall–Kier alpha value is -1.75. The van der Waals surface area contributed by atoms with Crippen molar-refractivity contribution in [3.05, 3.63) is 45.3 Å². The monoisotopic (exact) mass is 306 g/mol. The molecule has 0 saturated heterocycles. The largest absolute Gasteiger partial charge is 0.465 e. The summed E-state index contributed by atoms with van der Waals surface area (Å²) in [7, 11) is 0. The molecule has 0 saturated carbocycles. The molecule has 0 aliphatic heterocycles. The Morgan fingerprint density at radius 1 is 1.24 bits per heavy atom. The third-order valence-corrected chi connectivity index (χ3v) is 4.18. The lowest BCUT2D eigenvalue weighted by molar-refractivity contribution is -0.139. The zero-order valence-electron chi connectivity index (χ0n) is 12.4. The second-order valence-corrected chi connectivity index (χ2v) is 5.81. The van der Waals surface area contributed by atoms with Crippen molar-refractivity contribution in [2.75, 3.05) is 12.4 Å². The van der Waals surface area contributed by atoms with Gasteiger partial charge in [-0.15, -0.1) is 11.8 Å². The van der Waals surface area contributed by atoms with Crippen LogP contribution in [0.25, 0.3) is 11.0 Å². The van der Waals surface area contributed by atoms with Crippen molar-refractivity contribution in [3.63, 3.8) is 0 Å². The fourth-order valence-electron chi connectivity index (χ4n) is 2.05. The van der Waals surface area contributed by atoms with E-state index in [0.29, 0.717) is 17.9 Å². The predicted octanol–water partition coefficient (Wildman–Crippen LogP) is 3.21. The maximum atomic E-state index is 11.6. The van der Waals surface area contributed by atoms with Gasteiger partial charge in [-0.25, -0.2) is 4.79 Å². The minimum atomic E-state index is -0.363. The summed E-state index contributed by atoms with van der Waals surface area (Å²) in [6, 6.07) is 5.40. The van der Waals surface area contributed by atoms with Gasteiger partial charge in [-0.3, -0.25) is 4.79 Å². The molecule has 5 heteroatoms. The van der Waals surface area contributed by atoms with Crippen molar-refractivity contribution in [2.45, 2.75) is 26.5 Å². The van der Waals surface area contributed by atoms with Gasteiger partial charge in [-0.1, -0.05) is 0 Å². The van der Waals surface area contributed by atoms with Crippen molar-refractivity contribution >= 4 is 28.7 Å². The lowest BCUT2D eigenvalue weighted by Gasteiger charge is -2.08. The van der Waals surface area contributed by atoms with E-state index in [4.69, 9.17) is 9.15 Å². The molecule has 112 valence electrons. The van der Waals surface area contributed by atoms with Crippen LogP contribution in [-0.2, 0) is 15.3 Å². The molecule has 2 rings (SSSR count). The van der Waals surface area contributed by atoms with Gasteiger partial charge >= 0.3 is 11.6 Å². The van der Waals surface area contributed by atoms with E-state index < -0.39 is 0 Å². The van der Waals surface area contributed by atoms with Crippen molar-refractivity contribution in [1.82, 2.24) is 0 Å². The summed E-state index contributed by atoms with van der Waals surface area (Å²) in [5.74, 6) is 0.617. The van der Waals surface area contributed by atoms with Gasteiger partial charge in [0, 0.05) is 17.2 Å². The van der Waals surface area contributed by atoms with Crippen LogP contribution < -0.4 is 5.63 Å². The third-order valence-electron chi connectivity index (χ3n) is 3.23. The van der Waals surface area contributed by atoms with E-state index in [2.05, 4.69) is 0 Å². The van der Waals surface area contributed by atoms with Crippen LogP contribution in [0, 0.1) is 13.8 Å². The lowest BCUT2D eigenvalue weighted by atomic mass is 10.0. The maximum Gasteiger partial charge on any atom is 0.336 e. The fraction of sp³-hybridized carbons (Fsp3) is 0.375. The molecule has 1 aromatic heterocycles. The summed E-state index contributed by atoms with van der Waals surface area (Å²) in [6.07, 6.45) is 0. The lowest BCUT2D eigenvalue weighted by Crippen LogP contribution is -2.07. The third kappa shape index (κ3) is 3.88. The standard InChI is InChI=1S/C16H18O4S/c1-4-19-16(18)9-21-8-12-7-15(17)20-14-6-11(3)10(2)5-13(12)14/h5-7H,4,8-9H2,1-3H3. The number of hydrogen-bond donors (Lipinski definition) is 0. The summed E-state index contributed by atoms with van der Waals surface area (Å²) in [5, 5.41) is 0.925. The van der Waals surface area contributed by atoms with Crippen LogP contribution in [0.5, 0.6) is 0 Å².